The third-order valence-corrected chi connectivity index (χ3v) is 6.08. The maximum absolute atomic E-state index is 13.5. The highest BCUT2D eigenvalue weighted by Crippen LogP contribution is 2.41. The minimum Gasteiger partial charge on any atom is -0.453 e. The van der Waals surface area contributed by atoms with Crippen LogP contribution in [0.3, 0.4) is 0 Å². The van der Waals surface area contributed by atoms with Gasteiger partial charge in [0, 0.05) is 28.1 Å². The predicted octanol–water partition coefficient (Wildman–Crippen LogP) is 3.93. The number of Topliss-reactive ketones (excluding diaryl/α,β-unsaturated/α-hetero) is 2. The first-order chi connectivity index (χ1) is 16.5. The number of nitrogens with one attached hydrogen (secondary N) is 2. The van der Waals surface area contributed by atoms with Gasteiger partial charge in [-0.3, -0.25) is 19.7 Å². The summed E-state index contributed by atoms with van der Waals surface area (Å²) in [5.41, 5.74) is 1.94. The molecule has 5 rings (SSSR count). The van der Waals surface area contributed by atoms with Crippen LogP contribution in [0.5, 0.6) is 0 Å². The lowest BCUT2D eigenvalue weighted by molar-refractivity contribution is 0.0824. The Hall–Kier alpha value is -4.59. The molecule has 8 heteroatoms. The van der Waals surface area contributed by atoms with E-state index in [9.17, 15) is 19.2 Å². The van der Waals surface area contributed by atoms with Crippen LogP contribution in [0.4, 0.5) is 10.5 Å². The summed E-state index contributed by atoms with van der Waals surface area (Å²) < 4.78 is 4.62. The van der Waals surface area contributed by atoms with E-state index in [2.05, 4.69) is 20.3 Å². The van der Waals surface area contributed by atoms with E-state index in [1.807, 2.05) is 0 Å². The molecule has 0 aliphatic heterocycles. The number of rotatable bonds is 4. The molecule has 0 fully saturated rings. The van der Waals surface area contributed by atoms with E-state index >= 15 is 0 Å². The number of carbonyl (C=O) groups is 3. The SMILES string of the molecule is COC(=O)Nc1ccc(C(c2n[nH]c(=O)c3ccccc23)C2C(=O)c3ccccc3C2=O)cc1. The Kier molecular flexibility index (Phi) is 5.25. The fourth-order valence-corrected chi connectivity index (χ4v) is 4.49. The number of hydrogen-bond donors (Lipinski definition) is 2. The van der Waals surface area contributed by atoms with Crippen LogP contribution in [0, 0.1) is 5.92 Å². The van der Waals surface area contributed by atoms with Crippen LogP contribution < -0.4 is 10.9 Å². The number of anilines is 1. The number of amides is 1. The van der Waals surface area contributed by atoms with Crippen molar-refractivity contribution < 1.29 is 19.1 Å². The van der Waals surface area contributed by atoms with E-state index in [0.717, 1.165) is 0 Å². The van der Waals surface area contributed by atoms with Gasteiger partial charge in [0.15, 0.2) is 11.6 Å². The summed E-state index contributed by atoms with van der Waals surface area (Å²) in [4.78, 5) is 50.9. The summed E-state index contributed by atoms with van der Waals surface area (Å²) in [6.45, 7) is 0. The van der Waals surface area contributed by atoms with Crippen LogP contribution in [0.15, 0.2) is 77.6 Å². The van der Waals surface area contributed by atoms with Gasteiger partial charge in [-0.05, 0) is 23.8 Å². The molecular weight excluding hydrogens is 434 g/mol. The fourth-order valence-electron chi connectivity index (χ4n) is 4.49. The lowest BCUT2D eigenvalue weighted by Gasteiger charge is -2.23. The van der Waals surface area contributed by atoms with Crippen molar-refractivity contribution in [3.05, 3.63) is 106 Å². The number of fused-ring (bicyclic) bond motifs is 2. The number of ether oxygens (including phenoxy) is 1. The number of ketones is 2. The van der Waals surface area contributed by atoms with Crippen molar-refractivity contribution in [1.82, 2.24) is 10.2 Å². The predicted molar refractivity (Wildman–Crippen MR) is 125 cm³/mol. The van der Waals surface area contributed by atoms with Crippen molar-refractivity contribution in [2.45, 2.75) is 5.92 Å². The molecule has 8 nitrogen and oxygen atoms in total. The van der Waals surface area contributed by atoms with Crippen molar-refractivity contribution in [3.63, 3.8) is 0 Å². The Morgan fingerprint density at radius 3 is 2.09 bits per heavy atom. The molecule has 0 spiro atoms. The highest BCUT2D eigenvalue weighted by Gasteiger charge is 2.45. The van der Waals surface area contributed by atoms with E-state index in [1.54, 1.807) is 72.8 Å². The van der Waals surface area contributed by atoms with E-state index < -0.39 is 17.9 Å². The highest BCUT2D eigenvalue weighted by molar-refractivity contribution is 6.27. The molecule has 0 radical (unpaired) electrons. The normalized spacial score (nSPS) is 14.1. The van der Waals surface area contributed by atoms with Crippen LogP contribution in [0.2, 0.25) is 0 Å². The Morgan fingerprint density at radius 1 is 0.882 bits per heavy atom. The van der Waals surface area contributed by atoms with E-state index in [-0.39, 0.29) is 17.1 Å². The fraction of sp³-hybridized carbons (Fsp3) is 0.115. The molecule has 0 saturated heterocycles. The monoisotopic (exact) mass is 453 g/mol. The van der Waals surface area contributed by atoms with Crippen molar-refractivity contribution in [2.24, 2.45) is 5.92 Å². The number of carbonyl (C=O) groups excluding carboxylic acids is 3. The molecule has 1 aromatic heterocycles. The molecule has 0 bridgehead atoms. The van der Waals surface area contributed by atoms with Gasteiger partial charge in [0.2, 0.25) is 0 Å². The number of methoxy groups -OCH3 is 1. The Bertz CT molecular complexity index is 1470. The third-order valence-electron chi connectivity index (χ3n) is 6.08. The van der Waals surface area contributed by atoms with Gasteiger partial charge >= 0.3 is 6.09 Å². The molecule has 0 saturated carbocycles. The second-order valence-electron chi connectivity index (χ2n) is 7.95. The maximum atomic E-state index is 13.5. The molecular formula is C26H19N3O5. The first kappa shape index (κ1) is 21.3. The molecule has 1 unspecified atom stereocenters. The average molecular weight is 453 g/mol. The van der Waals surface area contributed by atoms with Crippen LogP contribution in [-0.4, -0.2) is 35.0 Å². The number of H-pyrrole nitrogens is 1. The van der Waals surface area contributed by atoms with Gasteiger partial charge in [0.05, 0.1) is 24.1 Å². The first-order valence-corrected chi connectivity index (χ1v) is 10.6. The Morgan fingerprint density at radius 2 is 1.47 bits per heavy atom. The van der Waals surface area contributed by atoms with Gasteiger partial charge in [-0.25, -0.2) is 9.89 Å². The van der Waals surface area contributed by atoms with Gasteiger partial charge in [-0.15, -0.1) is 0 Å². The zero-order chi connectivity index (χ0) is 23.8. The molecule has 2 N–H and O–H groups in total. The van der Waals surface area contributed by atoms with Gasteiger partial charge in [-0.1, -0.05) is 54.6 Å². The quantitative estimate of drug-likeness (QED) is 0.452. The molecule has 168 valence electrons. The summed E-state index contributed by atoms with van der Waals surface area (Å²) >= 11 is 0. The van der Waals surface area contributed by atoms with E-state index in [4.69, 9.17) is 0 Å². The Labute approximate surface area is 193 Å². The minimum atomic E-state index is -1.04. The summed E-state index contributed by atoms with van der Waals surface area (Å²) in [7, 11) is 1.27. The lowest BCUT2D eigenvalue weighted by atomic mass is 9.79. The largest absolute Gasteiger partial charge is 0.453 e. The van der Waals surface area contributed by atoms with Gasteiger partial charge in [0.1, 0.15) is 0 Å². The summed E-state index contributed by atoms with van der Waals surface area (Å²) in [5, 5.41) is 10.4. The number of hydrogen-bond acceptors (Lipinski definition) is 6. The number of aromatic nitrogens is 2. The number of benzene rings is 3. The van der Waals surface area contributed by atoms with Gasteiger partial charge in [-0.2, -0.15) is 5.10 Å². The van der Waals surface area contributed by atoms with Crippen LogP contribution in [0.25, 0.3) is 10.8 Å². The standard InChI is InChI=1S/C26H19N3O5/c1-34-26(33)27-15-12-10-14(11-13-15)20(21-23(30)17-7-3-4-8-18(17)24(21)31)22-16-6-2-5-9-19(16)25(32)29-28-22/h2-13,20-21H,1H3,(H,27,33)(H,29,32). The van der Waals surface area contributed by atoms with Crippen molar-refractivity contribution in [2.75, 3.05) is 12.4 Å². The molecule has 3 aromatic carbocycles. The summed E-state index contributed by atoms with van der Waals surface area (Å²) in [6, 6.07) is 20.5. The van der Waals surface area contributed by atoms with Crippen molar-refractivity contribution >= 4 is 34.1 Å². The smallest absolute Gasteiger partial charge is 0.411 e. The van der Waals surface area contributed by atoms with Gasteiger partial charge < -0.3 is 4.74 Å². The third kappa shape index (κ3) is 3.45. The minimum absolute atomic E-state index is 0.292. The zero-order valence-electron chi connectivity index (χ0n) is 18.1. The average Bonchev–Trinajstić information content (AvgIpc) is 3.12. The maximum Gasteiger partial charge on any atom is 0.411 e. The topological polar surface area (TPSA) is 118 Å². The zero-order valence-corrected chi connectivity index (χ0v) is 18.1. The molecule has 34 heavy (non-hydrogen) atoms. The summed E-state index contributed by atoms with van der Waals surface area (Å²) in [6.07, 6.45) is -0.616. The number of aromatic amines is 1. The Balaban J connectivity index is 1.69. The van der Waals surface area contributed by atoms with Crippen LogP contribution in [-0.2, 0) is 4.74 Å². The molecule has 1 atom stereocenters. The second kappa shape index (κ2) is 8.40. The van der Waals surface area contributed by atoms with Crippen molar-refractivity contribution in [3.8, 4) is 0 Å². The molecule has 1 amide bonds. The van der Waals surface area contributed by atoms with Gasteiger partial charge in [0.25, 0.3) is 5.56 Å². The van der Waals surface area contributed by atoms with Crippen LogP contribution in [0.1, 0.15) is 37.9 Å². The molecule has 1 aliphatic rings. The second-order valence-corrected chi connectivity index (χ2v) is 7.95. The molecule has 1 heterocycles. The van der Waals surface area contributed by atoms with E-state index in [1.165, 1.54) is 7.11 Å². The van der Waals surface area contributed by atoms with Crippen molar-refractivity contribution in [1.29, 1.82) is 0 Å². The highest BCUT2D eigenvalue weighted by atomic mass is 16.5. The molecule has 4 aromatic rings. The lowest BCUT2D eigenvalue weighted by Crippen LogP contribution is -2.27. The van der Waals surface area contributed by atoms with E-state index in [0.29, 0.717) is 38.8 Å². The molecule has 1 aliphatic carbocycles. The van der Waals surface area contributed by atoms with Crippen LogP contribution >= 0.6 is 0 Å². The summed E-state index contributed by atoms with van der Waals surface area (Å²) in [5.74, 6) is -2.39. The first-order valence-electron chi connectivity index (χ1n) is 10.6. The number of nitrogens with zero attached hydrogens (tertiary/aromatic N) is 1.